The van der Waals surface area contributed by atoms with E-state index in [0.717, 1.165) is 30.9 Å². The van der Waals surface area contributed by atoms with E-state index in [2.05, 4.69) is 11.7 Å². The zero-order chi connectivity index (χ0) is 36.0. The lowest BCUT2D eigenvalue weighted by Crippen LogP contribution is -2.27. The van der Waals surface area contributed by atoms with Gasteiger partial charge in [0.1, 0.15) is 34.6 Å². The normalized spacial score (nSPS) is 16.7. The molecule has 4 aromatic rings. The van der Waals surface area contributed by atoms with Crippen LogP contribution in [0.25, 0.3) is 17.2 Å². The summed E-state index contributed by atoms with van der Waals surface area (Å²) in [6, 6.07) is 10.8. The van der Waals surface area contributed by atoms with Gasteiger partial charge in [-0.25, -0.2) is 30.7 Å². The molecule has 5 rings (SSSR count). The second-order valence-electron chi connectivity index (χ2n) is 12.0. The van der Waals surface area contributed by atoms with Gasteiger partial charge < -0.3 is 14.2 Å². The second kappa shape index (κ2) is 16.2. The zero-order valence-electron chi connectivity index (χ0n) is 26.9. The Morgan fingerprint density at radius 3 is 1.92 bits per heavy atom. The summed E-state index contributed by atoms with van der Waals surface area (Å²) < 4.78 is 144. The second-order valence-corrected chi connectivity index (χ2v) is 12.0. The monoisotopic (exact) mass is 708 g/mol. The summed E-state index contributed by atoms with van der Waals surface area (Å²) in [6.45, 7) is 3.36. The van der Waals surface area contributed by atoms with Gasteiger partial charge in [-0.15, -0.1) is 0 Å². The van der Waals surface area contributed by atoms with E-state index in [1.54, 1.807) is 24.3 Å². The van der Waals surface area contributed by atoms with E-state index >= 15 is 0 Å². The first-order valence-corrected chi connectivity index (χ1v) is 16.0. The van der Waals surface area contributed by atoms with Crippen LogP contribution in [0.2, 0.25) is 0 Å². The van der Waals surface area contributed by atoms with Gasteiger partial charge in [0, 0.05) is 29.2 Å². The van der Waals surface area contributed by atoms with Gasteiger partial charge in [0.05, 0.1) is 13.2 Å². The fourth-order valence-corrected chi connectivity index (χ4v) is 5.62. The fourth-order valence-electron chi connectivity index (χ4n) is 5.62. The minimum atomic E-state index is -4.72. The molecule has 0 unspecified atom stereocenters. The topological polar surface area (TPSA) is 27.7 Å². The largest absolute Gasteiger partial charge is 0.432 e. The predicted molar refractivity (Wildman–Crippen MR) is 169 cm³/mol. The molecular formula is C38H33F9O3. The van der Waals surface area contributed by atoms with Gasteiger partial charge in [-0.05, 0) is 60.2 Å². The van der Waals surface area contributed by atoms with E-state index in [0.29, 0.717) is 42.4 Å². The van der Waals surface area contributed by atoms with E-state index in [1.165, 1.54) is 24.6 Å². The van der Waals surface area contributed by atoms with Crippen molar-refractivity contribution < 1.29 is 53.7 Å². The van der Waals surface area contributed by atoms with E-state index in [-0.39, 0.29) is 36.1 Å². The van der Waals surface area contributed by atoms with Crippen LogP contribution in [0.5, 0.6) is 5.75 Å². The summed E-state index contributed by atoms with van der Waals surface area (Å²) in [5.74, 6) is -11.6. The van der Waals surface area contributed by atoms with Crippen LogP contribution in [-0.4, -0.2) is 13.2 Å². The molecule has 1 heterocycles. The standard InChI is InChI=1S/C38H33F9O3/c1-2-3-4-8-23-20-48-37(49-21-23)25-12-10-24(11-13-25)26-16-29(39)28(30(40)17-26)9-6-5-7-22-14-31(41)35(32(42)15-22)38(46,47)50-27-18-33(43)36(45)34(44)19-27/h6,9-19,23,37H,2-5,7-8,20-21H2,1H3/b9-6+. The number of halogens is 9. The molecule has 0 saturated carbocycles. The molecule has 1 aliphatic heterocycles. The highest BCUT2D eigenvalue weighted by molar-refractivity contribution is 5.67. The van der Waals surface area contributed by atoms with Crippen molar-refractivity contribution in [1.29, 1.82) is 0 Å². The number of benzene rings is 4. The van der Waals surface area contributed by atoms with Gasteiger partial charge in [0.25, 0.3) is 0 Å². The molecule has 12 heteroatoms. The summed E-state index contributed by atoms with van der Waals surface area (Å²) >= 11 is 0. The first-order chi connectivity index (χ1) is 23.9. The van der Waals surface area contributed by atoms with E-state index < -0.39 is 64.4 Å². The Morgan fingerprint density at radius 1 is 0.740 bits per heavy atom. The number of unbranched alkanes of at least 4 members (excludes halogenated alkanes) is 2. The molecule has 0 atom stereocenters. The van der Waals surface area contributed by atoms with Crippen molar-refractivity contribution in [3.63, 3.8) is 0 Å². The quantitative estimate of drug-likeness (QED) is 0.0786. The van der Waals surface area contributed by atoms with Crippen molar-refractivity contribution in [3.05, 3.63) is 130 Å². The molecular weight excluding hydrogens is 675 g/mol. The van der Waals surface area contributed by atoms with Gasteiger partial charge in [0.2, 0.25) is 0 Å². The first kappa shape index (κ1) is 37.0. The van der Waals surface area contributed by atoms with Crippen molar-refractivity contribution in [1.82, 2.24) is 0 Å². The van der Waals surface area contributed by atoms with Crippen LogP contribution in [-0.2, 0) is 22.0 Å². The molecule has 1 saturated heterocycles. The van der Waals surface area contributed by atoms with Crippen molar-refractivity contribution in [3.8, 4) is 16.9 Å². The predicted octanol–water partition coefficient (Wildman–Crippen LogP) is 11.3. The highest BCUT2D eigenvalue weighted by Gasteiger charge is 2.41. The van der Waals surface area contributed by atoms with Crippen LogP contribution in [0.1, 0.15) is 67.6 Å². The molecule has 50 heavy (non-hydrogen) atoms. The Balaban J connectivity index is 1.18. The summed E-state index contributed by atoms with van der Waals surface area (Å²) in [5, 5.41) is 0. The van der Waals surface area contributed by atoms with Crippen LogP contribution in [0.3, 0.4) is 0 Å². The molecule has 0 amide bonds. The van der Waals surface area contributed by atoms with Gasteiger partial charge in [0.15, 0.2) is 23.7 Å². The average Bonchev–Trinajstić information content (AvgIpc) is 3.06. The number of alkyl halides is 2. The Kier molecular flexibility index (Phi) is 11.9. The maximum Gasteiger partial charge on any atom is 0.432 e. The minimum Gasteiger partial charge on any atom is -0.429 e. The molecule has 0 aromatic heterocycles. The van der Waals surface area contributed by atoms with Gasteiger partial charge in [-0.3, -0.25) is 0 Å². The summed E-state index contributed by atoms with van der Waals surface area (Å²) in [4.78, 5) is 0. The number of hydrogen-bond donors (Lipinski definition) is 0. The SMILES string of the molecule is CCCCCC1COC(c2ccc(-c3cc(F)c(/C=C/CCc4cc(F)c(C(F)(F)Oc5cc(F)c(F)c(F)c5)c(F)c4)c(F)c3)cc2)OC1. The van der Waals surface area contributed by atoms with Crippen molar-refractivity contribution in [2.24, 2.45) is 5.92 Å². The maximum absolute atomic E-state index is 15.0. The first-order valence-electron chi connectivity index (χ1n) is 16.0. The fraction of sp³-hybridized carbons (Fsp3) is 0.316. The molecule has 0 bridgehead atoms. The zero-order valence-corrected chi connectivity index (χ0v) is 26.9. The number of aryl methyl sites for hydroxylation is 1. The Hall–Kier alpha value is -4.29. The molecule has 4 aromatic carbocycles. The lowest BCUT2D eigenvalue weighted by Gasteiger charge is -2.29. The molecule has 0 radical (unpaired) electrons. The molecule has 1 fully saturated rings. The number of allylic oxidation sites excluding steroid dienone is 1. The molecule has 266 valence electrons. The van der Waals surface area contributed by atoms with Crippen molar-refractivity contribution >= 4 is 6.08 Å². The van der Waals surface area contributed by atoms with Crippen molar-refractivity contribution in [2.75, 3.05) is 13.2 Å². The van der Waals surface area contributed by atoms with Crippen LogP contribution in [0.15, 0.2) is 66.7 Å². The third-order valence-electron chi connectivity index (χ3n) is 8.26. The van der Waals surface area contributed by atoms with Gasteiger partial charge >= 0.3 is 6.11 Å². The number of ether oxygens (including phenoxy) is 3. The summed E-state index contributed by atoms with van der Waals surface area (Å²) in [6.07, 6.45) is 1.70. The minimum absolute atomic E-state index is 0.0200. The summed E-state index contributed by atoms with van der Waals surface area (Å²) in [5.41, 5.74) is -0.596. The lowest BCUT2D eigenvalue weighted by molar-refractivity contribution is -0.206. The maximum atomic E-state index is 15.0. The number of rotatable bonds is 13. The number of hydrogen-bond acceptors (Lipinski definition) is 3. The van der Waals surface area contributed by atoms with Crippen LogP contribution >= 0.6 is 0 Å². The third-order valence-corrected chi connectivity index (χ3v) is 8.26. The van der Waals surface area contributed by atoms with Gasteiger partial charge in [-0.2, -0.15) is 8.78 Å². The average molecular weight is 709 g/mol. The highest BCUT2D eigenvalue weighted by Crippen LogP contribution is 2.37. The Morgan fingerprint density at radius 2 is 1.34 bits per heavy atom. The molecule has 0 N–H and O–H groups in total. The summed E-state index contributed by atoms with van der Waals surface area (Å²) in [7, 11) is 0. The molecule has 1 aliphatic rings. The lowest BCUT2D eigenvalue weighted by atomic mass is 10.00. The van der Waals surface area contributed by atoms with Crippen LogP contribution in [0, 0.1) is 46.6 Å². The molecule has 3 nitrogen and oxygen atoms in total. The van der Waals surface area contributed by atoms with E-state index in [1.807, 2.05) is 0 Å². The molecule has 0 spiro atoms. The smallest absolute Gasteiger partial charge is 0.429 e. The van der Waals surface area contributed by atoms with E-state index in [9.17, 15) is 39.5 Å². The van der Waals surface area contributed by atoms with Crippen LogP contribution in [0.4, 0.5) is 39.5 Å². The molecule has 0 aliphatic carbocycles. The van der Waals surface area contributed by atoms with Crippen molar-refractivity contribution in [2.45, 2.75) is 57.8 Å². The van der Waals surface area contributed by atoms with Gasteiger partial charge in [-0.1, -0.05) is 62.6 Å². The third kappa shape index (κ3) is 8.89. The Labute approximate surface area is 283 Å². The van der Waals surface area contributed by atoms with Crippen LogP contribution < -0.4 is 4.74 Å². The van der Waals surface area contributed by atoms with E-state index in [4.69, 9.17) is 9.47 Å². The Bertz CT molecular complexity index is 1750. The highest BCUT2D eigenvalue weighted by atomic mass is 19.3.